The number of fused-ring (bicyclic) bond motifs is 1. The van der Waals surface area contributed by atoms with Gasteiger partial charge in [-0.05, 0) is 57.3 Å². The Morgan fingerprint density at radius 2 is 1.84 bits per heavy atom. The maximum atomic E-state index is 14.7. The first-order valence-corrected chi connectivity index (χ1v) is 10.1. The topological polar surface area (TPSA) is 73.5 Å². The third-order valence-electron chi connectivity index (χ3n) is 5.45. The molecule has 160 valence electrons. The fourth-order valence-corrected chi connectivity index (χ4v) is 3.25. The van der Waals surface area contributed by atoms with E-state index in [2.05, 4.69) is 37.2 Å². The van der Waals surface area contributed by atoms with Crippen molar-refractivity contribution in [2.24, 2.45) is 0 Å². The van der Waals surface area contributed by atoms with Crippen LogP contribution in [0.4, 0.5) is 8.78 Å². The highest BCUT2D eigenvalue weighted by Crippen LogP contribution is 2.27. The molecule has 2 N–H and O–H groups in total. The Bertz CT molecular complexity index is 1210. The Kier molecular flexibility index (Phi) is 5.90. The van der Waals surface area contributed by atoms with Crippen LogP contribution in [0.5, 0.6) is 0 Å². The molecule has 0 bridgehead atoms. The van der Waals surface area contributed by atoms with Crippen LogP contribution < -0.4 is 0 Å². The summed E-state index contributed by atoms with van der Waals surface area (Å²) in [6, 6.07) is 9.68. The van der Waals surface area contributed by atoms with Crippen molar-refractivity contribution in [2.75, 3.05) is 14.1 Å². The Morgan fingerprint density at radius 1 is 1.06 bits per heavy atom. The highest BCUT2D eigenvalue weighted by Gasteiger charge is 2.15. The minimum Gasteiger partial charge on any atom is -0.325 e. The van der Waals surface area contributed by atoms with Crippen LogP contribution in [0, 0.1) is 11.6 Å². The molecule has 31 heavy (non-hydrogen) atoms. The van der Waals surface area contributed by atoms with E-state index < -0.39 is 5.82 Å². The quantitative estimate of drug-likeness (QED) is 0.454. The van der Waals surface area contributed by atoms with Gasteiger partial charge in [0.2, 0.25) is 0 Å². The van der Waals surface area contributed by atoms with E-state index in [1.54, 1.807) is 18.2 Å². The maximum absolute atomic E-state index is 14.7. The van der Waals surface area contributed by atoms with Crippen molar-refractivity contribution in [3.8, 4) is 11.4 Å². The number of hydrogen-bond acceptors (Lipinski definition) is 4. The molecule has 6 nitrogen and oxygen atoms in total. The average molecular weight is 422 g/mol. The standard InChI is InChI=1S/C23H24F2N6/c1-14(31(2)3)4-11-22-26-23(30-29-22)17-12-18-20(27-28-21(18)13-19(17)25)10-7-15-5-8-16(24)9-6-15/h5-10,12-14H,4,11H2,1-3H3,(H,27,28)(H,26,29,30). The lowest BCUT2D eigenvalue weighted by molar-refractivity contribution is 0.298. The molecule has 2 aromatic carbocycles. The van der Waals surface area contributed by atoms with Gasteiger partial charge in [-0.25, -0.2) is 8.78 Å². The van der Waals surface area contributed by atoms with Crippen molar-refractivity contribution >= 4 is 23.1 Å². The average Bonchev–Trinajstić information content (AvgIpc) is 3.37. The second kappa shape index (κ2) is 8.77. The zero-order valence-corrected chi connectivity index (χ0v) is 17.7. The fraction of sp³-hybridized carbons (Fsp3) is 0.261. The van der Waals surface area contributed by atoms with E-state index in [1.165, 1.54) is 18.2 Å². The summed E-state index contributed by atoms with van der Waals surface area (Å²) in [5, 5.41) is 16.2. The van der Waals surface area contributed by atoms with Crippen molar-refractivity contribution in [1.82, 2.24) is 30.3 Å². The van der Waals surface area contributed by atoms with E-state index in [1.807, 2.05) is 26.2 Å². The van der Waals surface area contributed by atoms with Crippen LogP contribution in [0.15, 0.2) is 36.4 Å². The molecule has 1 unspecified atom stereocenters. The van der Waals surface area contributed by atoms with Crippen molar-refractivity contribution in [1.29, 1.82) is 0 Å². The van der Waals surface area contributed by atoms with Crippen LogP contribution in [0.3, 0.4) is 0 Å². The lowest BCUT2D eigenvalue weighted by Crippen LogP contribution is -2.25. The number of nitrogens with zero attached hydrogens (tertiary/aromatic N) is 4. The summed E-state index contributed by atoms with van der Waals surface area (Å²) < 4.78 is 27.8. The molecule has 0 spiro atoms. The third kappa shape index (κ3) is 4.69. The third-order valence-corrected chi connectivity index (χ3v) is 5.45. The number of halogens is 2. The van der Waals surface area contributed by atoms with Crippen LogP contribution in [0.25, 0.3) is 34.4 Å². The molecule has 8 heteroatoms. The largest absolute Gasteiger partial charge is 0.325 e. The molecular weight excluding hydrogens is 398 g/mol. The summed E-state index contributed by atoms with van der Waals surface area (Å²) in [6.45, 7) is 2.14. The zero-order chi connectivity index (χ0) is 22.0. The minimum absolute atomic E-state index is 0.287. The number of rotatable bonds is 7. The number of aromatic amines is 2. The van der Waals surface area contributed by atoms with Crippen LogP contribution in [-0.2, 0) is 6.42 Å². The number of nitrogens with one attached hydrogen (secondary N) is 2. The Labute approximate surface area is 179 Å². The maximum Gasteiger partial charge on any atom is 0.164 e. The van der Waals surface area contributed by atoms with Gasteiger partial charge in [0.15, 0.2) is 5.82 Å². The molecule has 4 rings (SSSR count). The van der Waals surface area contributed by atoms with Gasteiger partial charge in [0.25, 0.3) is 0 Å². The molecule has 2 heterocycles. The van der Waals surface area contributed by atoms with Crippen LogP contribution in [-0.4, -0.2) is 50.4 Å². The van der Waals surface area contributed by atoms with Gasteiger partial charge in [0.1, 0.15) is 17.5 Å². The molecule has 0 amide bonds. The summed E-state index contributed by atoms with van der Waals surface area (Å²) in [6.07, 6.45) is 5.29. The molecule has 0 aliphatic heterocycles. The monoisotopic (exact) mass is 422 g/mol. The first-order valence-electron chi connectivity index (χ1n) is 10.1. The number of hydrogen-bond donors (Lipinski definition) is 2. The number of benzene rings is 2. The second-order valence-electron chi connectivity index (χ2n) is 7.84. The van der Waals surface area contributed by atoms with Crippen LogP contribution in [0.1, 0.15) is 30.4 Å². The molecule has 0 saturated heterocycles. The predicted octanol–water partition coefficient (Wildman–Crippen LogP) is 4.68. The molecule has 1 atom stereocenters. The van der Waals surface area contributed by atoms with Gasteiger partial charge in [-0.3, -0.25) is 5.10 Å². The summed E-state index contributed by atoms with van der Waals surface area (Å²) in [5.41, 5.74) is 2.41. The number of aryl methyl sites for hydroxylation is 1. The highest BCUT2D eigenvalue weighted by atomic mass is 19.1. The molecule has 0 radical (unpaired) electrons. The Balaban J connectivity index is 1.60. The second-order valence-corrected chi connectivity index (χ2v) is 7.84. The van der Waals surface area contributed by atoms with Gasteiger partial charge in [-0.1, -0.05) is 18.2 Å². The molecule has 0 aliphatic carbocycles. The van der Waals surface area contributed by atoms with Gasteiger partial charge >= 0.3 is 0 Å². The van der Waals surface area contributed by atoms with Gasteiger partial charge in [-0.15, -0.1) is 10.2 Å². The molecule has 0 saturated carbocycles. The smallest absolute Gasteiger partial charge is 0.164 e. The van der Waals surface area contributed by atoms with Gasteiger partial charge in [0, 0.05) is 23.9 Å². The molecule has 2 aromatic heterocycles. The zero-order valence-electron chi connectivity index (χ0n) is 17.7. The Morgan fingerprint density at radius 3 is 2.58 bits per heavy atom. The Hall–Kier alpha value is -3.39. The fourth-order valence-electron chi connectivity index (χ4n) is 3.25. The number of aromatic nitrogens is 5. The van der Waals surface area contributed by atoms with Crippen molar-refractivity contribution < 1.29 is 8.78 Å². The van der Waals surface area contributed by atoms with Crippen molar-refractivity contribution in [3.05, 3.63) is 65.1 Å². The molecule has 0 fully saturated rings. The molecule has 4 aromatic rings. The van der Waals surface area contributed by atoms with E-state index in [9.17, 15) is 8.78 Å². The summed E-state index contributed by atoms with van der Waals surface area (Å²) in [4.78, 5) is 5.28. The van der Waals surface area contributed by atoms with Gasteiger partial charge in [0.05, 0.1) is 16.8 Å². The van der Waals surface area contributed by atoms with Crippen LogP contribution >= 0.6 is 0 Å². The van der Waals surface area contributed by atoms with E-state index >= 15 is 0 Å². The number of H-pyrrole nitrogens is 2. The van der Waals surface area contributed by atoms with E-state index in [0.717, 1.165) is 29.6 Å². The van der Waals surface area contributed by atoms with Gasteiger partial charge < -0.3 is 9.88 Å². The first-order chi connectivity index (χ1) is 14.9. The SMILES string of the molecule is CC(CCc1nnc(-c2cc3c(C=Cc4ccc(F)cc4)n[nH]c3cc2F)[nH]1)N(C)C. The van der Waals surface area contributed by atoms with Crippen LogP contribution in [0.2, 0.25) is 0 Å². The first kappa shape index (κ1) is 20.9. The van der Waals surface area contributed by atoms with Crippen molar-refractivity contribution in [2.45, 2.75) is 25.8 Å². The van der Waals surface area contributed by atoms with E-state index in [4.69, 9.17) is 0 Å². The molecular formula is C23H24F2N6. The molecule has 0 aliphatic rings. The predicted molar refractivity (Wildman–Crippen MR) is 118 cm³/mol. The summed E-state index contributed by atoms with van der Waals surface area (Å²) >= 11 is 0. The summed E-state index contributed by atoms with van der Waals surface area (Å²) in [5.74, 6) is 0.424. The summed E-state index contributed by atoms with van der Waals surface area (Å²) in [7, 11) is 4.07. The normalized spacial score (nSPS) is 13.0. The highest BCUT2D eigenvalue weighted by molar-refractivity contribution is 5.92. The van der Waals surface area contributed by atoms with Crippen molar-refractivity contribution in [3.63, 3.8) is 0 Å². The van der Waals surface area contributed by atoms with E-state index in [0.29, 0.717) is 28.6 Å². The lowest BCUT2D eigenvalue weighted by atomic mass is 10.1. The van der Waals surface area contributed by atoms with E-state index in [-0.39, 0.29) is 5.82 Å². The lowest BCUT2D eigenvalue weighted by Gasteiger charge is -2.18. The van der Waals surface area contributed by atoms with Gasteiger partial charge in [-0.2, -0.15) is 5.10 Å². The minimum atomic E-state index is -0.408.